The number of carboxylic acid groups (broad SMARTS) is 1. The molecule has 1 N–H and O–H groups in total. The van der Waals surface area contributed by atoms with E-state index in [2.05, 4.69) is 0 Å². The molecule has 3 rings (SSSR count). The van der Waals surface area contributed by atoms with Gasteiger partial charge in [-0.3, -0.25) is 9.59 Å². The van der Waals surface area contributed by atoms with E-state index in [1.807, 2.05) is 48.5 Å². The van der Waals surface area contributed by atoms with Crippen LogP contribution in [0, 0.1) is 11.8 Å². The van der Waals surface area contributed by atoms with Crippen LogP contribution in [-0.4, -0.2) is 16.9 Å². The molecule has 1 saturated carbocycles. The summed E-state index contributed by atoms with van der Waals surface area (Å²) in [5.74, 6) is -1.71. The van der Waals surface area contributed by atoms with Crippen molar-refractivity contribution < 1.29 is 14.7 Å². The van der Waals surface area contributed by atoms with Crippen LogP contribution < -0.4 is 0 Å². The highest BCUT2D eigenvalue weighted by Crippen LogP contribution is 2.41. The van der Waals surface area contributed by atoms with Crippen molar-refractivity contribution in [2.75, 3.05) is 0 Å². The lowest BCUT2D eigenvalue weighted by Gasteiger charge is -2.33. The van der Waals surface area contributed by atoms with Crippen molar-refractivity contribution in [3.8, 4) is 0 Å². The molecule has 0 unspecified atom stereocenters. The fourth-order valence-electron chi connectivity index (χ4n) is 3.60. The predicted octanol–water partition coefficient (Wildman–Crippen LogP) is 4.15. The number of ketones is 1. The third-order valence-electron chi connectivity index (χ3n) is 4.83. The number of benzene rings is 2. The third kappa shape index (κ3) is 3.34. The highest BCUT2D eigenvalue weighted by atomic mass is 16.4. The zero-order valence-electron chi connectivity index (χ0n) is 12.9. The summed E-state index contributed by atoms with van der Waals surface area (Å²) < 4.78 is 0. The summed E-state index contributed by atoms with van der Waals surface area (Å²) in [6.07, 6.45) is 2.02. The van der Waals surface area contributed by atoms with Crippen LogP contribution in [0.2, 0.25) is 0 Å². The van der Waals surface area contributed by atoms with Gasteiger partial charge in [-0.25, -0.2) is 0 Å². The number of hydrogen-bond acceptors (Lipinski definition) is 2. The first kappa shape index (κ1) is 15.5. The molecule has 1 aliphatic rings. The average molecular weight is 308 g/mol. The Labute approximate surface area is 136 Å². The lowest BCUT2D eigenvalue weighted by molar-refractivity contribution is -0.144. The molecule has 2 aromatic carbocycles. The Morgan fingerprint density at radius 2 is 1.43 bits per heavy atom. The van der Waals surface area contributed by atoms with E-state index in [-0.39, 0.29) is 11.7 Å². The molecule has 118 valence electrons. The first-order chi connectivity index (χ1) is 11.2. The van der Waals surface area contributed by atoms with Crippen molar-refractivity contribution in [1.29, 1.82) is 0 Å². The molecular formula is C20H20O3. The van der Waals surface area contributed by atoms with E-state index in [1.54, 1.807) is 12.1 Å². The molecule has 3 heteroatoms. The van der Waals surface area contributed by atoms with Crippen LogP contribution in [0.15, 0.2) is 60.7 Å². The molecule has 2 aromatic rings. The van der Waals surface area contributed by atoms with E-state index in [9.17, 15) is 14.7 Å². The fourth-order valence-corrected chi connectivity index (χ4v) is 3.60. The van der Waals surface area contributed by atoms with Gasteiger partial charge in [-0.05, 0) is 30.7 Å². The van der Waals surface area contributed by atoms with Crippen LogP contribution in [0.1, 0.15) is 41.1 Å². The molecule has 0 saturated heterocycles. The largest absolute Gasteiger partial charge is 0.481 e. The van der Waals surface area contributed by atoms with Gasteiger partial charge in [0.2, 0.25) is 0 Å². The topological polar surface area (TPSA) is 54.4 Å². The molecule has 0 bridgehead atoms. The van der Waals surface area contributed by atoms with Crippen LogP contribution in [0.5, 0.6) is 0 Å². The van der Waals surface area contributed by atoms with Gasteiger partial charge >= 0.3 is 5.97 Å². The summed E-state index contributed by atoms with van der Waals surface area (Å²) in [5, 5.41) is 9.62. The van der Waals surface area contributed by atoms with Crippen LogP contribution in [0.3, 0.4) is 0 Å². The van der Waals surface area contributed by atoms with Gasteiger partial charge in [0.25, 0.3) is 0 Å². The van der Waals surface area contributed by atoms with Crippen molar-refractivity contribution in [2.45, 2.75) is 25.2 Å². The second-order valence-corrected chi connectivity index (χ2v) is 6.20. The van der Waals surface area contributed by atoms with Gasteiger partial charge in [-0.1, -0.05) is 60.7 Å². The first-order valence-electron chi connectivity index (χ1n) is 8.04. The predicted molar refractivity (Wildman–Crippen MR) is 88.4 cm³/mol. The van der Waals surface area contributed by atoms with Crippen molar-refractivity contribution in [3.05, 3.63) is 71.8 Å². The number of rotatable bonds is 4. The van der Waals surface area contributed by atoms with Gasteiger partial charge in [0, 0.05) is 11.5 Å². The number of aliphatic carboxylic acids is 1. The normalized spacial score (nSPS) is 24.1. The number of Topliss-reactive ketones (excluding diaryl/α,β-unsaturated/α-hetero) is 1. The number of carbonyl (C=O) groups excluding carboxylic acids is 1. The molecule has 0 aromatic heterocycles. The van der Waals surface area contributed by atoms with Crippen molar-refractivity contribution in [3.63, 3.8) is 0 Å². The number of carbonyl (C=O) groups is 2. The molecular weight excluding hydrogens is 288 g/mol. The maximum atomic E-state index is 12.7. The quantitative estimate of drug-likeness (QED) is 0.863. The van der Waals surface area contributed by atoms with Gasteiger partial charge in [-0.2, -0.15) is 0 Å². The van der Waals surface area contributed by atoms with E-state index in [1.165, 1.54) is 5.56 Å². The average Bonchev–Trinajstić information content (AvgIpc) is 2.62. The van der Waals surface area contributed by atoms with Gasteiger partial charge in [0.05, 0.1) is 5.92 Å². The Hall–Kier alpha value is -2.42. The molecule has 0 heterocycles. The van der Waals surface area contributed by atoms with Crippen LogP contribution >= 0.6 is 0 Å². The molecule has 0 aliphatic heterocycles. The molecule has 0 spiro atoms. The molecule has 0 radical (unpaired) electrons. The van der Waals surface area contributed by atoms with Crippen LogP contribution in [-0.2, 0) is 4.79 Å². The minimum Gasteiger partial charge on any atom is -0.481 e. The Morgan fingerprint density at radius 1 is 0.826 bits per heavy atom. The SMILES string of the molecule is O=C(O)[C@H]1C[C@H](c2ccccc2)CC[C@H]1C(=O)c1ccccc1. The van der Waals surface area contributed by atoms with Crippen molar-refractivity contribution >= 4 is 11.8 Å². The van der Waals surface area contributed by atoms with Crippen LogP contribution in [0.25, 0.3) is 0 Å². The summed E-state index contributed by atoms with van der Waals surface area (Å²) in [7, 11) is 0. The molecule has 0 amide bonds. The Bertz CT molecular complexity index is 679. The van der Waals surface area contributed by atoms with E-state index in [4.69, 9.17) is 0 Å². The zero-order chi connectivity index (χ0) is 16.2. The zero-order valence-corrected chi connectivity index (χ0v) is 12.9. The van der Waals surface area contributed by atoms with Gasteiger partial charge in [-0.15, -0.1) is 0 Å². The first-order valence-corrected chi connectivity index (χ1v) is 8.04. The summed E-state index contributed by atoms with van der Waals surface area (Å²) in [4.78, 5) is 24.4. The third-order valence-corrected chi connectivity index (χ3v) is 4.83. The Morgan fingerprint density at radius 3 is 2.04 bits per heavy atom. The number of hydrogen-bond donors (Lipinski definition) is 1. The minimum absolute atomic E-state index is 0.0375. The summed E-state index contributed by atoms with van der Waals surface area (Å²) in [6, 6.07) is 19.0. The summed E-state index contributed by atoms with van der Waals surface area (Å²) >= 11 is 0. The molecule has 3 atom stereocenters. The monoisotopic (exact) mass is 308 g/mol. The van der Waals surface area contributed by atoms with E-state index < -0.39 is 17.8 Å². The summed E-state index contributed by atoms with van der Waals surface area (Å²) in [6.45, 7) is 0. The lowest BCUT2D eigenvalue weighted by Crippen LogP contribution is -2.35. The maximum absolute atomic E-state index is 12.7. The fraction of sp³-hybridized carbons (Fsp3) is 0.300. The lowest BCUT2D eigenvalue weighted by atomic mass is 9.69. The second kappa shape index (κ2) is 6.78. The van der Waals surface area contributed by atoms with E-state index >= 15 is 0 Å². The van der Waals surface area contributed by atoms with Gasteiger partial charge < -0.3 is 5.11 Å². The van der Waals surface area contributed by atoms with Gasteiger partial charge in [0.15, 0.2) is 5.78 Å². The highest BCUT2D eigenvalue weighted by Gasteiger charge is 2.39. The van der Waals surface area contributed by atoms with E-state index in [0.29, 0.717) is 18.4 Å². The highest BCUT2D eigenvalue weighted by molar-refractivity contribution is 6.00. The molecule has 23 heavy (non-hydrogen) atoms. The smallest absolute Gasteiger partial charge is 0.307 e. The molecule has 1 fully saturated rings. The molecule has 1 aliphatic carbocycles. The van der Waals surface area contributed by atoms with E-state index in [0.717, 1.165) is 6.42 Å². The Balaban J connectivity index is 1.81. The standard InChI is InChI=1S/C20H20O3/c21-19(15-9-5-2-6-10-15)17-12-11-16(13-18(17)20(22)23)14-7-3-1-4-8-14/h1-10,16-18H,11-13H2,(H,22,23)/t16-,17-,18+/m1/s1. The second-order valence-electron chi connectivity index (χ2n) is 6.20. The summed E-state index contributed by atoms with van der Waals surface area (Å²) in [5.41, 5.74) is 1.78. The maximum Gasteiger partial charge on any atom is 0.307 e. The van der Waals surface area contributed by atoms with Crippen molar-refractivity contribution in [2.24, 2.45) is 11.8 Å². The van der Waals surface area contributed by atoms with Crippen molar-refractivity contribution in [1.82, 2.24) is 0 Å². The minimum atomic E-state index is -0.861. The van der Waals surface area contributed by atoms with Gasteiger partial charge in [0.1, 0.15) is 0 Å². The Kier molecular flexibility index (Phi) is 4.56. The molecule has 3 nitrogen and oxygen atoms in total. The number of carboxylic acids is 1. The van der Waals surface area contributed by atoms with Crippen LogP contribution in [0.4, 0.5) is 0 Å².